The van der Waals surface area contributed by atoms with Gasteiger partial charge in [-0.05, 0) is 30.3 Å². The first-order valence-electron chi connectivity index (χ1n) is 8.20. The van der Waals surface area contributed by atoms with Crippen LogP contribution in [0, 0.1) is 0 Å². The van der Waals surface area contributed by atoms with E-state index < -0.39 is 10.0 Å². The van der Waals surface area contributed by atoms with Crippen LogP contribution < -0.4 is 14.8 Å². The number of amides is 1. The molecule has 1 amide bonds. The number of benzene rings is 2. The summed E-state index contributed by atoms with van der Waals surface area (Å²) in [6.07, 6.45) is 0. The standard InChI is InChI=1S/C18H21N3O4S/c1-25-17-8-7-15(26(19,23)24)13-16(17)18(22)21-11-9-20(10-12-21)14-5-3-2-4-6-14/h2-8,13H,9-12H2,1H3,(H2,19,23,24). The van der Waals surface area contributed by atoms with Gasteiger partial charge in [-0.3, -0.25) is 4.79 Å². The van der Waals surface area contributed by atoms with E-state index in [2.05, 4.69) is 4.90 Å². The summed E-state index contributed by atoms with van der Waals surface area (Å²) in [7, 11) is -2.45. The van der Waals surface area contributed by atoms with Crippen LogP contribution in [0.1, 0.15) is 10.4 Å². The Hall–Kier alpha value is -2.58. The average Bonchev–Trinajstić information content (AvgIpc) is 2.67. The number of primary sulfonamides is 1. The van der Waals surface area contributed by atoms with Crippen LogP contribution >= 0.6 is 0 Å². The summed E-state index contributed by atoms with van der Waals surface area (Å²) in [5, 5.41) is 5.18. The highest BCUT2D eigenvalue weighted by molar-refractivity contribution is 7.89. The fourth-order valence-corrected chi connectivity index (χ4v) is 3.55. The van der Waals surface area contributed by atoms with Crippen LogP contribution in [0.15, 0.2) is 53.4 Å². The maximum absolute atomic E-state index is 12.9. The maximum Gasteiger partial charge on any atom is 0.257 e. The number of hydrogen-bond acceptors (Lipinski definition) is 5. The molecule has 8 heteroatoms. The lowest BCUT2D eigenvalue weighted by molar-refractivity contribution is 0.0743. The van der Waals surface area contributed by atoms with E-state index in [9.17, 15) is 13.2 Å². The van der Waals surface area contributed by atoms with E-state index in [0.29, 0.717) is 31.9 Å². The number of nitrogens with zero attached hydrogens (tertiary/aromatic N) is 2. The molecule has 1 saturated heterocycles. The molecular formula is C18H21N3O4S. The molecule has 3 rings (SSSR count). The monoisotopic (exact) mass is 375 g/mol. The Balaban J connectivity index is 1.78. The van der Waals surface area contributed by atoms with E-state index in [4.69, 9.17) is 9.88 Å². The summed E-state index contributed by atoms with van der Waals surface area (Å²) in [5.41, 5.74) is 1.32. The van der Waals surface area contributed by atoms with Gasteiger partial charge >= 0.3 is 0 Å². The second kappa shape index (κ2) is 7.35. The number of nitrogens with two attached hydrogens (primary N) is 1. The minimum atomic E-state index is -3.89. The second-order valence-corrected chi connectivity index (χ2v) is 7.58. The first-order chi connectivity index (χ1) is 12.4. The van der Waals surface area contributed by atoms with Crippen molar-refractivity contribution >= 4 is 21.6 Å². The Morgan fingerprint density at radius 1 is 1.04 bits per heavy atom. The van der Waals surface area contributed by atoms with Crippen molar-refractivity contribution in [2.24, 2.45) is 5.14 Å². The van der Waals surface area contributed by atoms with E-state index in [1.807, 2.05) is 30.3 Å². The van der Waals surface area contributed by atoms with Crippen LogP contribution in [0.5, 0.6) is 5.75 Å². The lowest BCUT2D eigenvalue weighted by atomic mass is 10.1. The third-order valence-corrected chi connectivity index (χ3v) is 5.33. The Morgan fingerprint density at radius 2 is 1.69 bits per heavy atom. The molecule has 1 aliphatic rings. The van der Waals surface area contributed by atoms with E-state index in [1.54, 1.807) is 4.90 Å². The molecule has 0 unspecified atom stereocenters. The van der Waals surface area contributed by atoms with Gasteiger partial charge in [0.2, 0.25) is 10.0 Å². The summed E-state index contributed by atoms with van der Waals surface area (Å²) in [5.74, 6) is 0.0629. The van der Waals surface area contributed by atoms with Crippen LogP contribution in [0.25, 0.3) is 0 Å². The highest BCUT2D eigenvalue weighted by atomic mass is 32.2. The van der Waals surface area contributed by atoms with E-state index >= 15 is 0 Å². The summed E-state index contributed by atoms with van der Waals surface area (Å²) in [6, 6.07) is 14.1. The zero-order valence-corrected chi connectivity index (χ0v) is 15.3. The molecule has 0 spiro atoms. The lowest BCUT2D eigenvalue weighted by Gasteiger charge is -2.36. The number of ether oxygens (including phenoxy) is 1. The molecule has 0 aliphatic carbocycles. The molecule has 1 aliphatic heterocycles. The molecule has 0 bridgehead atoms. The number of carbonyl (C=O) groups excluding carboxylic acids is 1. The fraction of sp³-hybridized carbons (Fsp3) is 0.278. The topological polar surface area (TPSA) is 92.9 Å². The second-order valence-electron chi connectivity index (χ2n) is 6.02. The number of anilines is 1. The molecule has 138 valence electrons. The SMILES string of the molecule is COc1ccc(S(N)(=O)=O)cc1C(=O)N1CCN(c2ccccc2)CC1. The molecule has 1 fully saturated rings. The number of piperazine rings is 1. The third-order valence-electron chi connectivity index (χ3n) is 4.42. The van der Waals surface area contributed by atoms with Crippen LogP contribution in [0.4, 0.5) is 5.69 Å². The highest BCUT2D eigenvalue weighted by Gasteiger charge is 2.25. The molecule has 0 aromatic heterocycles. The van der Waals surface area contributed by atoms with E-state index in [0.717, 1.165) is 5.69 Å². The van der Waals surface area contributed by atoms with Crippen molar-refractivity contribution in [2.45, 2.75) is 4.90 Å². The van der Waals surface area contributed by atoms with Crippen molar-refractivity contribution in [3.8, 4) is 5.75 Å². The van der Waals surface area contributed by atoms with Gasteiger partial charge in [0.25, 0.3) is 5.91 Å². The van der Waals surface area contributed by atoms with Gasteiger partial charge in [-0.25, -0.2) is 13.6 Å². The van der Waals surface area contributed by atoms with Crippen molar-refractivity contribution in [3.63, 3.8) is 0 Å². The summed E-state index contributed by atoms with van der Waals surface area (Å²) in [4.78, 5) is 16.7. The minimum absolute atomic E-state index is 0.107. The minimum Gasteiger partial charge on any atom is -0.496 e. The number of para-hydroxylation sites is 1. The predicted octanol–water partition coefficient (Wildman–Crippen LogP) is 1.30. The number of rotatable bonds is 4. The summed E-state index contributed by atoms with van der Waals surface area (Å²) < 4.78 is 28.4. The Kier molecular flexibility index (Phi) is 5.15. The zero-order valence-electron chi connectivity index (χ0n) is 14.5. The van der Waals surface area contributed by atoms with Crippen LogP contribution in [0.2, 0.25) is 0 Å². The van der Waals surface area contributed by atoms with Gasteiger partial charge in [-0.2, -0.15) is 0 Å². The first kappa shape index (κ1) is 18.2. The quantitative estimate of drug-likeness (QED) is 0.870. The molecule has 2 aromatic carbocycles. The van der Waals surface area contributed by atoms with Crippen molar-refractivity contribution in [1.29, 1.82) is 0 Å². The number of hydrogen-bond donors (Lipinski definition) is 1. The Labute approximate surface area is 153 Å². The molecule has 2 N–H and O–H groups in total. The van der Waals surface area contributed by atoms with Gasteiger partial charge in [0.15, 0.2) is 0 Å². The van der Waals surface area contributed by atoms with Crippen molar-refractivity contribution in [2.75, 3.05) is 38.2 Å². The molecular weight excluding hydrogens is 354 g/mol. The van der Waals surface area contributed by atoms with E-state index in [1.165, 1.54) is 25.3 Å². The van der Waals surface area contributed by atoms with Gasteiger partial charge in [0.05, 0.1) is 17.6 Å². The van der Waals surface area contributed by atoms with Gasteiger partial charge in [0, 0.05) is 31.9 Å². The first-order valence-corrected chi connectivity index (χ1v) is 9.75. The largest absolute Gasteiger partial charge is 0.496 e. The van der Waals surface area contributed by atoms with Crippen molar-refractivity contribution in [3.05, 3.63) is 54.1 Å². The van der Waals surface area contributed by atoms with Gasteiger partial charge in [-0.15, -0.1) is 0 Å². The van der Waals surface area contributed by atoms with Crippen LogP contribution in [-0.2, 0) is 10.0 Å². The number of methoxy groups -OCH3 is 1. The van der Waals surface area contributed by atoms with Gasteiger partial charge < -0.3 is 14.5 Å². The fourth-order valence-electron chi connectivity index (χ4n) is 3.01. The normalized spacial score (nSPS) is 15.0. The molecule has 0 atom stereocenters. The van der Waals surface area contributed by atoms with Gasteiger partial charge in [-0.1, -0.05) is 18.2 Å². The number of sulfonamides is 1. The predicted molar refractivity (Wildman–Crippen MR) is 98.9 cm³/mol. The van der Waals surface area contributed by atoms with Gasteiger partial charge in [0.1, 0.15) is 5.75 Å². The molecule has 26 heavy (non-hydrogen) atoms. The van der Waals surface area contributed by atoms with Crippen LogP contribution in [0.3, 0.4) is 0 Å². The average molecular weight is 375 g/mol. The third kappa shape index (κ3) is 3.81. The van der Waals surface area contributed by atoms with E-state index in [-0.39, 0.29) is 16.4 Å². The highest BCUT2D eigenvalue weighted by Crippen LogP contribution is 2.24. The maximum atomic E-state index is 12.9. The zero-order chi connectivity index (χ0) is 18.7. The Bertz CT molecular complexity index is 892. The summed E-state index contributed by atoms with van der Waals surface area (Å²) >= 11 is 0. The van der Waals surface area contributed by atoms with Crippen LogP contribution in [-0.4, -0.2) is 52.5 Å². The van der Waals surface area contributed by atoms with Crippen molar-refractivity contribution < 1.29 is 17.9 Å². The molecule has 7 nitrogen and oxygen atoms in total. The molecule has 0 saturated carbocycles. The molecule has 2 aromatic rings. The molecule has 0 radical (unpaired) electrons. The smallest absolute Gasteiger partial charge is 0.257 e. The summed E-state index contributed by atoms with van der Waals surface area (Å²) in [6.45, 7) is 2.48. The lowest BCUT2D eigenvalue weighted by Crippen LogP contribution is -2.48. The van der Waals surface area contributed by atoms with Crippen molar-refractivity contribution in [1.82, 2.24) is 4.90 Å². The Morgan fingerprint density at radius 3 is 2.27 bits per heavy atom. The molecule has 1 heterocycles. The number of carbonyl (C=O) groups is 1.